The number of amides is 1. The Morgan fingerprint density at radius 2 is 1.95 bits per heavy atom. The number of carbonyl (C=O) groups is 1. The smallest absolute Gasteiger partial charge is 0.259 e. The number of anilines is 1. The maximum Gasteiger partial charge on any atom is 0.259 e. The fourth-order valence-corrected chi connectivity index (χ4v) is 2.13. The molecule has 3 N–H and O–H groups in total. The number of phenolic OH excluding ortho intramolecular Hbond substituents is 2. The number of nitrogens with one attached hydrogen (secondary N) is 1. The molecular weight excluding hydrogens is 329 g/mol. The lowest BCUT2D eigenvalue weighted by molar-refractivity contribution is 0.102. The third-order valence-corrected chi connectivity index (χ3v) is 3.35. The topological polar surface area (TPSA) is 69.6 Å². The van der Waals surface area contributed by atoms with E-state index >= 15 is 0 Å². The molecule has 2 aromatic carbocycles. The zero-order valence-electron chi connectivity index (χ0n) is 10.4. The number of halogens is 2. The van der Waals surface area contributed by atoms with Gasteiger partial charge in [-0.15, -0.1) is 0 Å². The van der Waals surface area contributed by atoms with Gasteiger partial charge in [0.2, 0.25) is 0 Å². The summed E-state index contributed by atoms with van der Waals surface area (Å²) in [6.45, 7) is 1.71. The second-order valence-corrected chi connectivity index (χ2v) is 5.09. The summed E-state index contributed by atoms with van der Waals surface area (Å²) in [5, 5.41) is 21.4. The molecule has 0 saturated heterocycles. The van der Waals surface area contributed by atoms with E-state index in [1.165, 1.54) is 24.3 Å². The second kappa shape index (κ2) is 5.50. The van der Waals surface area contributed by atoms with Crippen molar-refractivity contribution < 1.29 is 19.4 Å². The maximum absolute atomic E-state index is 13.5. The predicted molar refractivity (Wildman–Crippen MR) is 76.6 cm³/mol. The minimum atomic E-state index is -0.636. The van der Waals surface area contributed by atoms with Crippen molar-refractivity contribution in [2.24, 2.45) is 0 Å². The highest BCUT2D eigenvalue weighted by molar-refractivity contribution is 9.10. The summed E-state index contributed by atoms with van der Waals surface area (Å²) >= 11 is 3.05. The number of benzene rings is 2. The van der Waals surface area contributed by atoms with Crippen LogP contribution in [0.2, 0.25) is 0 Å². The molecular formula is C14H11BrFNO3. The van der Waals surface area contributed by atoms with Gasteiger partial charge in [0, 0.05) is 5.69 Å². The maximum atomic E-state index is 13.5. The molecule has 4 nitrogen and oxygen atoms in total. The van der Waals surface area contributed by atoms with E-state index in [1.807, 2.05) is 0 Å². The summed E-state index contributed by atoms with van der Waals surface area (Å²) < 4.78 is 13.8. The monoisotopic (exact) mass is 339 g/mol. The number of rotatable bonds is 2. The predicted octanol–water partition coefficient (Wildman–Crippen LogP) is 3.56. The average molecular weight is 340 g/mol. The lowest BCUT2D eigenvalue weighted by Crippen LogP contribution is -2.13. The molecule has 0 unspecified atom stereocenters. The standard InChI is InChI=1S/C14H11BrFNO3/c1-7-4-10(15)11(16)6-12(7)17-14(20)9-5-8(18)2-3-13(9)19/h2-6,18-19H,1H3,(H,17,20). The Balaban J connectivity index is 2.32. The van der Waals surface area contributed by atoms with Gasteiger partial charge in [0.25, 0.3) is 5.91 Å². The molecule has 0 aliphatic rings. The SMILES string of the molecule is Cc1cc(Br)c(F)cc1NC(=O)c1cc(O)ccc1O. The fourth-order valence-electron chi connectivity index (χ4n) is 1.68. The van der Waals surface area contributed by atoms with Crippen LogP contribution in [0.3, 0.4) is 0 Å². The molecule has 20 heavy (non-hydrogen) atoms. The van der Waals surface area contributed by atoms with Gasteiger partial charge in [0.05, 0.1) is 10.0 Å². The molecule has 1 amide bonds. The molecule has 0 heterocycles. The van der Waals surface area contributed by atoms with Crippen molar-refractivity contribution in [2.75, 3.05) is 5.32 Å². The fraction of sp³-hybridized carbons (Fsp3) is 0.0714. The molecule has 0 spiro atoms. The van der Waals surface area contributed by atoms with E-state index in [2.05, 4.69) is 21.2 Å². The van der Waals surface area contributed by atoms with Gasteiger partial charge >= 0.3 is 0 Å². The van der Waals surface area contributed by atoms with Crippen LogP contribution >= 0.6 is 15.9 Å². The average Bonchev–Trinajstić information content (AvgIpc) is 2.38. The Kier molecular flexibility index (Phi) is 3.94. The highest BCUT2D eigenvalue weighted by atomic mass is 79.9. The molecule has 0 aliphatic carbocycles. The van der Waals surface area contributed by atoms with Gasteiger partial charge in [-0.3, -0.25) is 4.79 Å². The lowest BCUT2D eigenvalue weighted by atomic mass is 10.1. The van der Waals surface area contributed by atoms with Crippen LogP contribution in [0.1, 0.15) is 15.9 Å². The number of hydrogen-bond donors (Lipinski definition) is 3. The van der Waals surface area contributed by atoms with Crippen molar-refractivity contribution in [2.45, 2.75) is 6.92 Å². The van der Waals surface area contributed by atoms with Crippen LogP contribution in [0.25, 0.3) is 0 Å². The summed E-state index contributed by atoms with van der Waals surface area (Å²) in [5.41, 5.74) is 0.859. The Morgan fingerprint density at radius 1 is 1.25 bits per heavy atom. The van der Waals surface area contributed by atoms with Crippen LogP contribution in [0.15, 0.2) is 34.8 Å². The molecule has 0 aliphatic heterocycles. The van der Waals surface area contributed by atoms with E-state index in [0.717, 1.165) is 6.07 Å². The number of carbonyl (C=O) groups excluding carboxylic acids is 1. The normalized spacial score (nSPS) is 10.3. The van der Waals surface area contributed by atoms with E-state index in [9.17, 15) is 19.4 Å². The molecule has 0 radical (unpaired) electrons. The van der Waals surface area contributed by atoms with Crippen molar-refractivity contribution in [3.63, 3.8) is 0 Å². The van der Waals surface area contributed by atoms with Crippen LogP contribution in [0.4, 0.5) is 10.1 Å². The van der Waals surface area contributed by atoms with Gasteiger partial charge in [0.15, 0.2) is 0 Å². The Bertz CT molecular complexity index is 688. The second-order valence-electron chi connectivity index (χ2n) is 4.24. The van der Waals surface area contributed by atoms with Crippen LogP contribution in [-0.2, 0) is 0 Å². The van der Waals surface area contributed by atoms with E-state index in [4.69, 9.17) is 0 Å². The minimum absolute atomic E-state index is 0.0901. The highest BCUT2D eigenvalue weighted by Crippen LogP contribution is 2.26. The minimum Gasteiger partial charge on any atom is -0.508 e. The zero-order valence-corrected chi connectivity index (χ0v) is 12.0. The largest absolute Gasteiger partial charge is 0.508 e. The third kappa shape index (κ3) is 2.91. The first kappa shape index (κ1) is 14.3. The van der Waals surface area contributed by atoms with Crippen molar-refractivity contribution in [3.05, 3.63) is 51.7 Å². The van der Waals surface area contributed by atoms with E-state index in [-0.39, 0.29) is 17.1 Å². The first-order valence-corrected chi connectivity index (χ1v) is 6.47. The Hall–Kier alpha value is -2.08. The van der Waals surface area contributed by atoms with Crippen LogP contribution in [0.5, 0.6) is 11.5 Å². The van der Waals surface area contributed by atoms with Gasteiger partial charge < -0.3 is 15.5 Å². The Morgan fingerprint density at radius 3 is 2.65 bits per heavy atom. The lowest BCUT2D eigenvalue weighted by Gasteiger charge is -2.10. The molecule has 0 atom stereocenters. The summed E-state index contributed by atoms with van der Waals surface area (Å²) in [5.74, 6) is -1.56. The summed E-state index contributed by atoms with van der Waals surface area (Å²) in [4.78, 5) is 12.0. The molecule has 0 saturated carbocycles. The van der Waals surface area contributed by atoms with Crippen molar-refractivity contribution >= 4 is 27.5 Å². The first-order valence-electron chi connectivity index (χ1n) is 5.67. The first-order chi connectivity index (χ1) is 9.38. The van der Waals surface area contributed by atoms with Crippen molar-refractivity contribution in [1.29, 1.82) is 0 Å². The number of hydrogen-bond acceptors (Lipinski definition) is 3. The van der Waals surface area contributed by atoms with E-state index in [1.54, 1.807) is 6.92 Å². The molecule has 0 bridgehead atoms. The van der Waals surface area contributed by atoms with E-state index < -0.39 is 11.7 Å². The van der Waals surface area contributed by atoms with Gasteiger partial charge in [-0.1, -0.05) is 0 Å². The molecule has 2 rings (SSSR count). The van der Waals surface area contributed by atoms with E-state index in [0.29, 0.717) is 15.7 Å². The summed E-state index contributed by atoms with van der Waals surface area (Å²) in [6.07, 6.45) is 0. The molecule has 0 aromatic heterocycles. The van der Waals surface area contributed by atoms with Crippen molar-refractivity contribution in [3.8, 4) is 11.5 Å². The van der Waals surface area contributed by atoms with Crippen LogP contribution < -0.4 is 5.32 Å². The molecule has 104 valence electrons. The quantitative estimate of drug-likeness (QED) is 0.732. The molecule has 6 heteroatoms. The van der Waals surface area contributed by atoms with Gasteiger partial charge in [-0.25, -0.2) is 4.39 Å². The number of phenols is 2. The van der Waals surface area contributed by atoms with Crippen LogP contribution in [-0.4, -0.2) is 16.1 Å². The van der Waals surface area contributed by atoms with Crippen LogP contribution in [0, 0.1) is 12.7 Å². The van der Waals surface area contributed by atoms with Gasteiger partial charge in [0.1, 0.15) is 17.3 Å². The summed E-state index contributed by atoms with van der Waals surface area (Å²) in [7, 11) is 0. The zero-order chi connectivity index (χ0) is 14.9. The van der Waals surface area contributed by atoms with Gasteiger partial charge in [-0.2, -0.15) is 0 Å². The van der Waals surface area contributed by atoms with Crippen molar-refractivity contribution in [1.82, 2.24) is 0 Å². The third-order valence-electron chi connectivity index (χ3n) is 2.74. The number of aromatic hydroxyl groups is 2. The Labute approximate surface area is 123 Å². The summed E-state index contributed by atoms with van der Waals surface area (Å²) in [6, 6.07) is 6.32. The molecule has 2 aromatic rings. The highest BCUT2D eigenvalue weighted by Gasteiger charge is 2.14. The molecule has 0 fully saturated rings. The van der Waals surface area contributed by atoms with Gasteiger partial charge in [-0.05, 0) is 58.7 Å². The number of aryl methyl sites for hydroxylation is 1.